The zero-order valence-corrected chi connectivity index (χ0v) is 13.8. The first kappa shape index (κ1) is 18.2. The molecular weight excluding hydrogens is 349 g/mol. The topological polar surface area (TPSA) is 112 Å². The van der Waals surface area contributed by atoms with Crippen LogP contribution in [0.4, 0.5) is 24.7 Å². The van der Waals surface area contributed by atoms with Gasteiger partial charge in [0.2, 0.25) is 0 Å². The van der Waals surface area contributed by atoms with Gasteiger partial charge in [-0.05, 0) is 25.0 Å². The summed E-state index contributed by atoms with van der Waals surface area (Å²) in [6.07, 6.45) is 1.79. The number of carbonyl (C=O) groups excluding carboxylic acids is 1. The minimum atomic E-state index is -4.52. The smallest absolute Gasteiger partial charge is 0.365 e. The molecule has 1 aliphatic carbocycles. The molecule has 26 heavy (non-hydrogen) atoms. The molecule has 140 valence electrons. The molecule has 1 amide bonds. The summed E-state index contributed by atoms with van der Waals surface area (Å²) in [5, 5.41) is 7.15. The fraction of sp³-hybridized carbons (Fsp3) is 0.438. The van der Waals surface area contributed by atoms with Gasteiger partial charge in [0, 0.05) is 12.2 Å². The van der Waals surface area contributed by atoms with Crippen LogP contribution in [0, 0.1) is 0 Å². The van der Waals surface area contributed by atoms with E-state index in [1.54, 1.807) is 4.68 Å². The first-order chi connectivity index (χ1) is 12.3. The molecule has 0 aromatic carbocycles. The minimum absolute atomic E-state index is 0.0527. The molecule has 5 N–H and O–H groups in total. The summed E-state index contributed by atoms with van der Waals surface area (Å²) in [6.45, 7) is 0. The van der Waals surface area contributed by atoms with Gasteiger partial charge in [-0.1, -0.05) is 12.8 Å². The van der Waals surface area contributed by atoms with Crippen molar-refractivity contribution in [1.82, 2.24) is 14.8 Å². The van der Waals surface area contributed by atoms with Crippen LogP contribution in [0.2, 0.25) is 0 Å². The van der Waals surface area contributed by atoms with E-state index in [0.717, 1.165) is 37.9 Å². The Hall–Kier alpha value is -2.62. The third kappa shape index (κ3) is 3.79. The van der Waals surface area contributed by atoms with Crippen molar-refractivity contribution in [2.24, 2.45) is 11.5 Å². The van der Waals surface area contributed by atoms with Gasteiger partial charge in [0.05, 0.1) is 17.9 Å². The lowest BCUT2D eigenvalue weighted by Gasteiger charge is -2.28. The number of pyridine rings is 1. The number of nitrogens with zero attached hydrogens (tertiary/aromatic N) is 3. The molecule has 0 bridgehead atoms. The average Bonchev–Trinajstić information content (AvgIpc) is 2.99. The summed E-state index contributed by atoms with van der Waals surface area (Å²) in [5.74, 6) is -0.528. The van der Waals surface area contributed by atoms with Crippen molar-refractivity contribution in [3.8, 4) is 0 Å². The Kier molecular flexibility index (Phi) is 4.86. The molecule has 2 aromatic heterocycles. The van der Waals surface area contributed by atoms with Gasteiger partial charge in [0.25, 0.3) is 5.91 Å². The van der Waals surface area contributed by atoms with E-state index in [2.05, 4.69) is 15.4 Å². The Balaban J connectivity index is 1.86. The Bertz CT molecular complexity index is 786. The second-order valence-electron chi connectivity index (χ2n) is 6.31. The van der Waals surface area contributed by atoms with Crippen LogP contribution in [0.1, 0.15) is 47.8 Å². The highest BCUT2D eigenvalue weighted by atomic mass is 19.4. The number of amides is 1. The third-order valence-corrected chi connectivity index (χ3v) is 4.44. The number of hydrogen-bond donors (Lipinski definition) is 3. The molecule has 0 radical (unpaired) electrons. The number of hydrogen-bond acceptors (Lipinski definition) is 5. The van der Waals surface area contributed by atoms with Crippen molar-refractivity contribution in [3.63, 3.8) is 0 Å². The van der Waals surface area contributed by atoms with Crippen molar-refractivity contribution < 1.29 is 18.0 Å². The van der Waals surface area contributed by atoms with Gasteiger partial charge in [-0.2, -0.15) is 18.3 Å². The number of alkyl halides is 3. The maximum absolute atomic E-state index is 12.6. The van der Waals surface area contributed by atoms with Gasteiger partial charge < -0.3 is 16.8 Å². The number of anilines is 2. The molecule has 7 nitrogen and oxygen atoms in total. The average molecular weight is 368 g/mol. The molecule has 0 saturated heterocycles. The Labute approximate surface area is 147 Å². The van der Waals surface area contributed by atoms with Crippen LogP contribution >= 0.6 is 0 Å². The van der Waals surface area contributed by atoms with E-state index in [9.17, 15) is 18.0 Å². The summed E-state index contributed by atoms with van der Waals surface area (Å²) >= 11 is 0. The van der Waals surface area contributed by atoms with E-state index in [0.29, 0.717) is 0 Å². The highest BCUT2D eigenvalue weighted by Crippen LogP contribution is 2.30. The highest BCUT2D eigenvalue weighted by molar-refractivity contribution is 5.98. The number of carbonyl (C=O) groups is 1. The summed E-state index contributed by atoms with van der Waals surface area (Å²) in [4.78, 5) is 15.1. The number of halogens is 3. The Morgan fingerprint density at radius 1 is 1.27 bits per heavy atom. The lowest BCUT2D eigenvalue weighted by Crippen LogP contribution is -2.35. The van der Waals surface area contributed by atoms with Crippen molar-refractivity contribution in [2.45, 2.75) is 43.9 Å². The molecule has 3 rings (SSSR count). The number of nitrogens with two attached hydrogens (primary N) is 2. The van der Waals surface area contributed by atoms with Crippen LogP contribution in [0.25, 0.3) is 0 Å². The molecule has 1 aliphatic rings. The van der Waals surface area contributed by atoms with E-state index in [1.165, 1.54) is 12.3 Å². The van der Waals surface area contributed by atoms with E-state index >= 15 is 0 Å². The van der Waals surface area contributed by atoms with Crippen LogP contribution in [0.15, 0.2) is 24.5 Å². The highest BCUT2D eigenvalue weighted by Gasteiger charge is 2.32. The van der Waals surface area contributed by atoms with E-state index < -0.39 is 17.8 Å². The maximum atomic E-state index is 12.6. The lowest BCUT2D eigenvalue weighted by atomic mass is 9.91. The van der Waals surface area contributed by atoms with Crippen molar-refractivity contribution in [2.75, 3.05) is 5.32 Å². The predicted octanol–water partition coefficient (Wildman–Crippen LogP) is 2.58. The Morgan fingerprint density at radius 2 is 2.00 bits per heavy atom. The van der Waals surface area contributed by atoms with Gasteiger partial charge in [-0.25, -0.2) is 4.98 Å². The SMILES string of the molecule is NC(=O)c1cn([C@H]2CCCC[C@@H]2N)nc1Nc1ccc(C(F)(F)F)nc1. The normalized spacial score (nSPS) is 20.8. The maximum Gasteiger partial charge on any atom is 0.433 e. The summed E-state index contributed by atoms with van der Waals surface area (Å²) in [5.41, 5.74) is 10.9. The molecular formula is C16H19F3N6O. The number of aromatic nitrogens is 3. The summed E-state index contributed by atoms with van der Waals surface area (Å²) in [7, 11) is 0. The van der Waals surface area contributed by atoms with Crippen molar-refractivity contribution >= 4 is 17.4 Å². The molecule has 2 heterocycles. The molecule has 1 fully saturated rings. The zero-order chi connectivity index (χ0) is 18.9. The standard InChI is InChI=1S/C16H19F3N6O/c17-16(18,19)13-6-5-9(7-22-13)23-15-10(14(21)26)8-25(24-15)12-4-2-1-3-11(12)20/h5-8,11-12H,1-4,20H2,(H2,21,26)(H,23,24)/t11-,12-/m0/s1. The molecule has 0 unspecified atom stereocenters. The van der Waals surface area contributed by atoms with Gasteiger partial charge in [-0.15, -0.1) is 0 Å². The van der Waals surface area contributed by atoms with Crippen LogP contribution < -0.4 is 16.8 Å². The summed E-state index contributed by atoms with van der Waals surface area (Å²) in [6, 6.07) is 1.93. The fourth-order valence-electron chi connectivity index (χ4n) is 3.07. The lowest BCUT2D eigenvalue weighted by molar-refractivity contribution is -0.141. The molecule has 1 saturated carbocycles. The first-order valence-electron chi connectivity index (χ1n) is 8.20. The largest absolute Gasteiger partial charge is 0.433 e. The minimum Gasteiger partial charge on any atom is -0.365 e. The molecule has 0 aliphatic heterocycles. The van der Waals surface area contributed by atoms with Crippen LogP contribution in [0.5, 0.6) is 0 Å². The van der Waals surface area contributed by atoms with Gasteiger partial charge in [0.15, 0.2) is 5.82 Å². The van der Waals surface area contributed by atoms with Crippen molar-refractivity contribution in [1.29, 1.82) is 0 Å². The number of primary amides is 1. The predicted molar refractivity (Wildman–Crippen MR) is 88.7 cm³/mol. The summed E-state index contributed by atoms with van der Waals surface area (Å²) < 4.78 is 39.4. The van der Waals surface area contributed by atoms with Gasteiger partial charge in [0.1, 0.15) is 11.3 Å². The van der Waals surface area contributed by atoms with Crippen LogP contribution in [-0.4, -0.2) is 26.7 Å². The van der Waals surface area contributed by atoms with Crippen LogP contribution in [-0.2, 0) is 6.18 Å². The second-order valence-corrected chi connectivity index (χ2v) is 6.31. The van der Waals surface area contributed by atoms with E-state index in [1.807, 2.05) is 0 Å². The monoisotopic (exact) mass is 368 g/mol. The molecule has 2 atom stereocenters. The van der Waals surface area contributed by atoms with E-state index in [-0.39, 0.29) is 29.2 Å². The van der Waals surface area contributed by atoms with Gasteiger partial charge in [-0.3, -0.25) is 9.48 Å². The number of rotatable bonds is 4. The molecule has 2 aromatic rings. The molecule has 0 spiro atoms. The second kappa shape index (κ2) is 6.94. The van der Waals surface area contributed by atoms with E-state index in [4.69, 9.17) is 11.5 Å². The fourth-order valence-corrected chi connectivity index (χ4v) is 3.07. The quantitative estimate of drug-likeness (QED) is 0.768. The van der Waals surface area contributed by atoms with Crippen LogP contribution in [0.3, 0.4) is 0 Å². The number of nitrogens with one attached hydrogen (secondary N) is 1. The zero-order valence-electron chi connectivity index (χ0n) is 13.8. The third-order valence-electron chi connectivity index (χ3n) is 4.44. The molecule has 10 heteroatoms. The Morgan fingerprint density at radius 3 is 2.58 bits per heavy atom. The van der Waals surface area contributed by atoms with Gasteiger partial charge >= 0.3 is 6.18 Å². The first-order valence-corrected chi connectivity index (χ1v) is 8.20. The van der Waals surface area contributed by atoms with Crippen molar-refractivity contribution in [3.05, 3.63) is 35.8 Å².